The van der Waals surface area contributed by atoms with Crippen molar-refractivity contribution < 1.29 is 4.79 Å². The highest BCUT2D eigenvalue weighted by atomic mass is 35.5. The van der Waals surface area contributed by atoms with Crippen molar-refractivity contribution in [2.75, 3.05) is 19.6 Å². The number of likely N-dealkylation sites (tertiary alicyclic amines) is 1. The predicted octanol–water partition coefficient (Wildman–Crippen LogP) is 3.40. The van der Waals surface area contributed by atoms with Gasteiger partial charge in [0.25, 0.3) is 0 Å². The van der Waals surface area contributed by atoms with Crippen molar-refractivity contribution in [3.63, 3.8) is 0 Å². The maximum Gasteiger partial charge on any atom is 0.222 e. The molecule has 1 aliphatic heterocycles. The van der Waals surface area contributed by atoms with E-state index in [4.69, 9.17) is 5.73 Å². The first-order valence-corrected chi connectivity index (χ1v) is 8.76. The van der Waals surface area contributed by atoms with Crippen LogP contribution in [0, 0.1) is 11.8 Å². The number of nitrogens with one attached hydrogen (secondary N) is 1. The van der Waals surface area contributed by atoms with Crippen LogP contribution >= 0.6 is 24.8 Å². The van der Waals surface area contributed by atoms with Crippen molar-refractivity contribution in [2.45, 2.75) is 45.7 Å². The van der Waals surface area contributed by atoms with Gasteiger partial charge in [0.05, 0.1) is 0 Å². The minimum atomic E-state index is -0.238. The molecule has 3 N–H and O–H groups in total. The summed E-state index contributed by atoms with van der Waals surface area (Å²) in [4.78, 5) is 14.7. The third kappa shape index (κ3) is 8.41. The summed E-state index contributed by atoms with van der Waals surface area (Å²) in [5.41, 5.74) is 7.13. The average Bonchev–Trinajstić information content (AvgIpc) is 2.46. The number of carbonyl (C=O) groups excluding carboxylic acids is 1. The van der Waals surface area contributed by atoms with Crippen molar-refractivity contribution >= 4 is 30.7 Å². The zero-order valence-electron chi connectivity index (χ0n) is 15.5. The smallest absolute Gasteiger partial charge is 0.222 e. The van der Waals surface area contributed by atoms with Gasteiger partial charge in [0.15, 0.2) is 0 Å². The minimum Gasteiger partial charge on any atom is -0.352 e. The summed E-state index contributed by atoms with van der Waals surface area (Å²) in [6, 6.07) is 9.72. The number of halogens is 2. The Labute approximate surface area is 164 Å². The quantitative estimate of drug-likeness (QED) is 0.783. The van der Waals surface area contributed by atoms with Crippen LogP contribution in [0.4, 0.5) is 0 Å². The van der Waals surface area contributed by atoms with E-state index in [9.17, 15) is 4.79 Å². The molecule has 1 aromatic rings. The zero-order valence-corrected chi connectivity index (χ0v) is 17.1. The Morgan fingerprint density at radius 3 is 2.32 bits per heavy atom. The largest absolute Gasteiger partial charge is 0.352 e. The predicted molar refractivity (Wildman–Crippen MR) is 109 cm³/mol. The molecule has 4 nitrogen and oxygen atoms in total. The molecule has 144 valence electrons. The molecule has 0 radical (unpaired) electrons. The Morgan fingerprint density at radius 2 is 1.76 bits per heavy atom. The van der Waals surface area contributed by atoms with Crippen LogP contribution in [0.1, 0.15) is 45.2 Å². The number of benzene rings is 1. The standard InChI is InChI=1S/C19H31N3O.2ClH/c1-14-9-15(2)12-22(11-14)13-16(3)21-19(23)10-18(20)17-7-5-4-6-8-17;;/h4-8,14-16,18H,9-13,20H2,1-3H3,(H,21,23);2*1H. The van der Waals surface area contributed by atoms with Gasteiger partial charge in [-0.1, -0.05) is 44.2 Å². The van der Waals surface area contributed by atoms with Gasteiger partial charge in [-0.3, -0.25) is 4.79 Å². The topological polar surface area (TPSA) is 58.4 Å². The van der Waals surface area contributed by atoms with Gasteiger partial charge in [0.1, 0.15) is 0 Å². The van der Waals surface area contributed by atoms with Gasteiger partial charge >= 0.3 is 0 Å². The fourth-order valence-corrected chi connectivity index (χ4v) is 3.73. The maximum atomic E-state index is 12.2. The lowest BCUT2D eigenvalue weighted by Gasteiger charge is -2.36. The molecule has 0 aromatic heterocycles. The molecule has 25 heavy (non-hydrogen) atoms. The summed E-state index contributed by atoms with van der Waals surface area (Å²) in [5, 5.41) is 3.10. The van der Waals surface area contributed by atoms with Gasteiger partial charge in [-0.2, -0.15) is 0 Å². The Morgan fingerprint density at radius 1 is 1.20 bits per heavy atom. The Balaban J connectivity index is 0.00000288. The van der Waals surface area contributed by atoms with E-state index in [1.54, 1.807) is 0 Å². The number of rotatable bonds is 6. The normalized spacial score (nSPS) is 22.9. The Kier molecular flexibility index (Phi) is 11.4. The first-order valence-electron chi connectivity index (χ1n) is 8.76. The van der Waals surface area contributed by atoms with Crippen LogP contribution in [0.5, 0.6) is 0 Å². The summed E-state index contributed by atoms with van der Waals surface area (Å²) >= 11 is 0. The van der Waals surface area contributed by atoms with E-state index in [2.05, 4.69) is 31.0 Å². The van der Waals surface area contributed by atoms with Crippen LogP contribution in [0.25, 0.3) is 0 Å². The van der Waals surface area contributed by atoms with E-state index in [-0.39, 0.29) is 42.8 Å². The number of piperidine rings is 1. The van der Waals surface area contributed by atoms with Crippen molar-refractivity contribution in [3.8, 4) is 0 Å². The molecule has 0 aliphatic carbocycles. The highest BCUT2D eigenvalue weighted by Crippen LogP contribution is 2.21. The minimum absolute atomic E-state index is 0. The molecular weight excluding hydrogens is 357 g/mol. The summed E-state index contributed by atoms with van der Waals surface area (Å²) < 4.78 is 0. The number of hydrogen-bond acceptors (Lipinski definition) is 3. The molecule has 1 saturated heterocycles. The molecule has 2 rings (SSSR count). The molecular formula is C19H33Cl2N3O. The summed E-state index contributed by atoms with van der Waals surface area (Å²) in [7, 11) is 0. The number of hydrogen-bond donors (Lipinski definition) is 2. The molecule has 0 bridgehead atoms. The zero-order chi connectivity index (χ0) is 16.8. The molecule has 1 heterocycles. The fraction of sp³-hybridized carbons (Fsp3) is 0.632. The average molecular weight is 390 g/mol. The van der Waals surface area contributed by atoms with Crippen LogP contribution in [-0.2, 0) is 4.79 Å². The number of carbonyl (C=O) groups is 1. The Hall–Kier alpha value is -0.810. The van der Waals surface area contributed by atoms with E-state index in [1.165, 1.54) is 6.42 Å². The second-order valence-electron chi connectivity index (χ2n) is 7.35. The van der Waals surface area contributed by atoms with Gasteiger partial charge < -0.3 is 16.0 Å². The van der Waals surface area contributed by atoms with Gasteiger partial charge in [-0.05, 0) is 30.7 Å². The molecule has 1 amide bonds. The third-order valence-corrected chi connectivity index (χ3v) is 4.52. The number of nitrogens with zero attached hydrogens (tertiary/aromatic N) is 1. The lowest BCUT2D eigenvalue weighted by atomic mass is 9.92. The van der Waals surface area contributed by atoms with E-state index in [1.807, 2.05) is 30.3 Å². The second-order valence-corrected chi connectivity index (χ2v) is 7.35. The lowest BCUT2D eigenvalue weighted by molar-refractivity contribution is -0.122. The van der Waals surface area contributed by atoms with Gasteiger partial charge in [0.2, 0.25) is 5.91 Å². The van der Waals surface area contributed by atoms with E-state index < -0.39 is 0 Å². The highest BCUT2D eigenvalue weighted by molar-refractivity contribution is 5.85. The SMILES string of the molecule is CC1CC(C)CN(CC(C)NC(=O)CC(N)c2ccccc2)C1.Cl.Cl. The van der Waals surface area contributed by atoms with Crippen molar-refractivity contribution in [1.82, 2.24) is 10.2 Å². The summed E-state index contributed by atoms with van der Waals surface area (Å²) in [6.07, 6.45) is 1.64. The van der Waals surface area contributed by atoms with Crippen molar-refractivity contribution in [3.05, 3.63) is 35.9 Å². The molecule has 0 saturated carbocycles. The maximum absolute atomic E-state index is 12.2. The molecule has 1 fully saturated rings. The molecule has 0 spiro atoms. The van der Waals surface area contributed by atoms with E-state index >= 15 is 0 Å². The second kappa shape index (κ2) is 11.7. The van der Waals surface area contributed by atoms with Gasteiger partial charge in [-0.25, -0.2) is 0 Å². The van der Waals surface area contributed by atoms with E-state index in [0.717, 1.165) is 37.0 Å². The lowest BCUT2D eigenvalue weighted by Crippen LogP contribution is -2.47. The van der Waals surface area contributed by atoms with Crippen LogP contribution in [0.15, 0.2) is 30.3 Å². The third-order valence-electron chi connectivity index (χ3n) is 4.52. The first-order chi connectivity index (χ1) is 10.9. The molecule has 4 unspecified atom stereocenters. The highest BCUT2D eigenvalue weighted by Gasteiger charge is 2.23. The molecule has 1 aliphatic rings. The summed E-state index contributed by atoms with van der Waals surface area (Å²) in [5.74, 6) is 1.52. The van der Waals surface area contributed by atoms with Crippen LogP contribution in [0.2, 0.25) is 0 Å². The number of nitrogens with two attached hydrogens (primary N) is 1. The van der Waals surface area contributed by atoms with Crippen LogP contribution < -0.4 is 11.1 Å². The fourth-order valence-electron chi connectivity index (χ4n) is 3.73. The van der Waals surface area contributed by atoms with Crippen molar-refractivity contribution in [1.29, 1.82) is 0 Å². The van der Waals surface area contributed by atoms with Crippen molar-refractivity contribution in [2.24, 2.45) is 17.6 Å². The molecule has 6 heteroatoms. The van der Waals surface area contributed by atoms with Crippen LogP contribution in [-0.4, -0.2) is 36.5 Å². The van der Waals surface area contributed by atoms with Gasteiger partial charge in [0, 0.05) is 38.1 Å². The summed E-state index contributed by atoms with van der Waals surface area (Å²) in [6.45, 7) is 9.88. The molecule has 4 atom stereocenters. The Bertz CT molecular complexity index is 491. The monoisotopic (exact) mass is 389 g/mol. The van der Waals surface area contributed by atoms with E-state index in [0.29, 0.717) is 6.42 Å². The number of amides is 1. The van der Waals surface area contributed by atoms with Crippen LogP contribution in [0.3, 0.4) is 0 Å². The molecule has 1 aromatic carbocycles. The first kappa shape index (κ1) is 24.2. The van der Waals surface area contributed by atoms with Gasteiger partial charge in [-0.15, -0.1) is 24.8 Å².